The van der Waals surface area contributed by atoms with Gasteiger partial charge in [0.05, 0.1) is 5.56 Å². The van der Waals surface area contributed by atoms with Crippen molar-refractivity contribution >= 4 is 11.7 Å². The first-order valence-electron chi connectivity index (χ1n) is 6.45. The normalized spacial score (nSPS) is 15.8. The monoisotopic (exact) mass is 248 g/mol. The van der Waals surface area contributed by atoms with Crippen LogP contribution in [0.5, 0.6) is 0 Å². The summed E-state index contributed by atoms with van der Waals surface area (Å²) in [4.78, 5) is 17.9. The zero-order chi connectivity index (χ0) is 13.0. The van der Waals surface area contributed by atoms with E-state index in [1.54, 1.807) is 18.3 Å². The van der Waals surface area contributed by atoms with E-state index in [4.69, 9.17) is 11.5 Å². The third kappa shape index (κ3) is 2.61. The summed E-state index contributed by atoms with van der Waals surface area (Å²) in [7, 11) is 0. The van der Waals surface area contributed by atoms with E-state index < -0.39 is 5.91 Å². The Morgan fingerprint density at radius 3 is 2.78 bits per heavy atom. The third-order valence-electron chi connectivity index (χ3n) is 3.46. The van der Waals surface area contributed by atoms with Crippen molar-refractivity contribution < 1.29 is 4.79 Å². The quantitative estimate of drug-likeness (QED) is 0.810. The molecule has 18 heavy (non-hydrogen) atoms. The molecule has 0 saturated heterocycles. The summed E-state index contributed by atoms with van der Waals surface area (Å²) < 4.78 is 0. The topological polar surface area (TPSA) is 85.2 Å². The SMILES string of the molecule is NCCN(c1ncccc1C(N)=O)C1CCCC1. The molecule has 0 aliphatic heterocycles. The second-order valence-corrected chi connectivity index (χ2v) is 4.66. The van der Waals surface area contributed by atoms with Crippen molar-refractivity contribution in [2.75, 3.05) is 18.0 Å². The molecular formula is C13H20N4O. The van der Waals surface area contributed by atoms with Crippen LogP contribution in [0.1, 0.15) is 36.0 Å². The van der Waals surface area contributed by atoms with Gasteiger partial charge in [-0.25, -0.2) is 4.98 Å². The Hall–Kier alpha value is -1.62. The number of rotatable bonds is 5. The molecule has 1 aliphatic rings. The van der Waals surface area contributed by atoms with E-state index in [2.05, 4.69) is 9.88 Å². The van der Waals surface area contributed by atoms with Gasteiger partial charge in [0.25, 0.3) is 5.91 Å². The van der Waals surface area contributed by atoms with Crippen LogP contribution < -0.4 is 16.4 Å². The maximum absolute atomic E-state index is 11.5. The number of amides is 1. The molecule has 1 saturated carbocycles. The molecule has 5 nitrogen and oxygen atoms in total. The zero-order valence-electron chi connectivity index (χ0n) is 10.5. The van der Waals surface area contributed by atoms with Gasteiger partial charge < -0.3 is 16.4 Å². The van der Waals surface area contributed by atoms with E-state index in [-0.39, 0.29) is 0 Å². The van der Waals surface area contributed by atoms with Crippen molar-refractivity contribution in [3.8, 4) is 0 Å². The van der Waals surface area contributed by atoms with Gasteiger partial charge in [-0.15, -0.1) is 0 Å². The Morgan fingerprint density at radius 1 is 1.44 bits per heavy atom. The van der Waals surface area contributed by atoms with E-state index in [0.29, 0.717) is 30.5 Å². The molecule has 0 atom stereocenters. The van der Waals surface area contributed by atoms with Gasteiger partial charge in [-0.3, -0.25) is 4.79 Å². The van der Waals surface area contributed by atoms with Gasteiger partial charge in [-0.1, -0.05) is 12.8 Å². The fourth-order valence-corrected chi connectivity index (χ4v) is 2.63. The summed E-state index contributed by atoms with van der Waals surface area (Å²) in [6, 6.07) is 3.89. The van der Waals surface area contributed by atoms with Crippen LogP contribution in [0, 0.1) is 0 Å². The van der Waals surface area contributed by atoms with Crippen molar-refractivity contribution in [2.45, 2.75) is 31.7 Å². The Labute approximate surface area is 107 Å². The molecule has 1 aliphatic carbocycles. The van der Waals surface area contributed by atoms with Gasteiger partial charge in [0.15, 0.2) is 0 Å². The van der Waals surface area contributed by atoms with E-state index in [1.165, 1.54) is 12.8 Å². The number of carbonyl (C=O) groups is 1. The number of aromatic nitrogens is 1. The first-order chi connectivity index (χ1) is 8.74. The lowest BCUT2D eigenvalue weighted by Crippen LogP contribution is -2.39. The number of anilines is 1. The summed E-state index contributed by atoms with van der Waals surface area (Å²) in [5.41, 5.74) is 11.6. The molecule has 1 heterocycles. The van der Waals surface area contributed by atoms with Crippen molar-refractivity contribution in [1.29, 1.82) is 0 Å². The van der Waals surface area contributed by atoms with Crippen molar-refractivity contribution in [2.24, 2.45) is 11.5 Å². The number of primary amides is 1. The fraction of sp³-hybridized carbons (Fsp3) is 0.538. The number of hydrogen-bond acceptors (Lipinski definition) is 4. The molecule has 0 bridgehead atoms. The third-order valence-corrected chi connectivity index (χ3v) is 3.46. The van der Waals surface area contributed by atoms with E-state index >= 15 is 0 Å². The number of carbonyl (C=O) groups excluding carboxylic acids is 1. The molecule has 1 aromatic heterocycles. The molecule has 0 aromatic carbocycles. The van der Waals surface area contributed by atoms with Crippen molar-refractivity contribution in [1.82, 2.24) is 4.98 Å². The van der Waals surface area contributed by atoms with Crippen LogP contribution in [-0.4, -0.2) is 30.0 Å². The van der Waals surface area contributed by atoms with Crippen LogP contribution in [0.25, 0.3) is 0 Å². The Kier molecular flexibility index (Phi) is 4.15. The predicted octanol–water partition coefficient (Wildman–Crippen LogP) is 0.888. The summed E-state index contributed by atoms with van der Waals surface area (Å²) >= 11 is 0. The molecule has 0 spiro atoms. The lowest BCUT2D eigenvalue weighted by atomic mass is 10.1. The van der Waals surface area contributed by atoms with Crippen LogP contribution in [0.3, 0.4) is 0 Å². The van der Waals surface area contributed by atoms with E-state index in [1.807, 2.05) is 0 Å². The first kappa shape index (κ1) is 12.8. The molecule has 0 radical (unpaired) electrons. The van der Waals surface area contributed by atoms with Gasteiger partial charge in [-0.2, -0.15) is 0 Å². The maximum Gasteiger partial charge on any atom is 0.252 e. The highest BCUT2D eigenvalue weighted by molar-refractivity contribution is 5.97. The highest BCUT2D eigenvalue weighted by atomic mass is 16.1. The molecule has 4 N–H and O–H groups in total. The molecule has 0 unspecified atom stereocenters. The Bertz CT molecular complexity index is 415. The van der Waals surface area contributed by atoms with Gasteiger partial charge in [0, 0.05) is 25.3 Å². The second-order valence-electron chi connectivity index (χ2n) is 4.66. The lowest BCUT2D eigenvalue weighted by Gasteiger charge is -2.30. The van der Waals surface area contributed by atoms with Crippen molar-refractivity contribution in [3.05, 3.63) is 23.9 Å². The van der Waals surface area contributed by atoms with Gasteiger partial charge in [-0.05, 0) is 25.0 Å². The molecule has 1 aromatic rings. The highest BCUT2D eigenvalue weighted by Crippen LogP contribution is 2.28. The first-order valence-corrected chi connectivity index (χ1v) is 6.45. The smallest absolute Gasteiger partial charge is 0.252 e. The zero-order valence-corrected chi connectivity index (χ0v) is 10.5. The minimum atomic E-state index is -0.432. The average molecular weight is 248 g/mol. The van der Waals surface area contributed by atoms with Crippen LogP contribution in [0.4, 0.5) is 5.82 Å². The van der Waals surface area contributed by atoms with E-state index in [0.717, 1.165) is 12.8 Å². The largest absolute Gasteiger partial charge is 0.365 e. The van der Waals surface area contributed by atoms with E-state index in [9.17, 15) is 4.79 Å². The van der Waals surface area contributed by atoms with Crippen molar-refractivity contribution in [3.63, 3.8) is 0 Å². The van der Waals surface area contributed by atoms with Gasteiger partial charge >= 0.3 is 0 Å². The predicted molar refractivity (Wildman–Crippen MR) is 71.4 cm³/mol. The summed E-state index contributed by atoms with van der Waals surface area (Å²) in [6.45, 7) is 1.26. The minimum absolute atomic E-state index is 0.432. The number of nitrogens with zero attached hydrogens (tertiary/aromatic N) is 2. The molecule has 5 heteroatoms. The molecule has 1 amide bonds. The van der Waals surface area contributed by atoms with Gasteiger partial charge in [0.2, 0.25) is 0 Å². The second kappa shape index (κ2) is 5.82. The maximum atomic E-state index is 11.5. The summed E-state index contributed by atoms with van der Waals surface area (Å²) in [5.74, 6) is 0.250. The van der Waals surface area contributed by atoms with Crippen LogP contribution in [0.2, 0.25) is 0 Å². The standard InChI is InChI=1S/C13H20N4O/c14-7-9-17(10-4-1-2-5-10)13-11(12(15)18)6-3-8-16-13/h3,6,8,10H,1-2,4-5,7,9,14H2,(H2,15,18). The highest BCUT2D eigenvalue weighted by Gasteiger charge is 2.25. The Balaban J connectivity index is 2.32. The average Bonchev–Trinajstić information content (AvgIpc) is 2.89. The lowest BCUT2D eigenvalue weighted by molar-refractivity contribution is 0.100. The molecular weight excluding hydrogens is 228 g/mol. The summed E-state index contributed by atoms with van der Waals surface area (Å²) in [5, 5.41) is 0. The van der Waals surface area contributed by atoms with Crippen LogP contribution in [0.15, 0.2) is 18.3 Å². The van der Waals surface area contributed by atoms with Crippen LogP contribution in [-0.2, 0) is 0 Å². The Morgan fingerprint density at radius 2 is 2.17 bits per heavy atom. The molecule has 98 valence electrons. The fourth-order valence-electron chi connectivity index (χ4n) is 2.63. The number of pyridine rings is 1. The molecule has 2 rings (SSSR count). The van der Waals surface area contributed by atoms with Crippen LogP contribution >= 0.6 is 0 Å². The van der Waals surface area contributed by atoms with Gasteiger partial charge in [0.1, 0.15) is 5.82 Å². The number of hydrogen-bond donors (Lipinski definition) is 2. The minimum Gasteiger partial charge on any atom is -0.365 e. The molecule has 1 fully saturated rings. The number of nitrogens with two attached hydrogens (primary N) is 2. The summed E-state index contributed by atoms with van der Waals surface area (Å²) in [6.07, 6.45) is 6.42.